The first kappa shape index (κ1) is 15.6. The molecule has 0 aromatic carbocycles. The van der Waals surface area contributed by atoms with Crippen molar-refractivity contribution in [1.82, 2.24) is 40.3 Å². The number of aromatic nitrogens is 8. The molecule has 5 heterocycles. The largest absolute Gasteiger partial charge is 0.365 e. The minimum absolute atomic E-state index is 0.208. The number of aryl methyl sites for hydroxylation is 1. The number of rotatable bonds is 4. The number of H-pyrrole nitrogens is 1. The van der Waals surface area contributed by atoms with E-state index in [0.29, 0.717) is 23.2 Å². The number of nitrogens with zero attached hydrogens (tertiary/aromatic N) is 8. The summed E-state index contributed by atoms with van der Waals surface area (Å²) in [6.07, 6.45) is 7.47. The maximum Gasteiger partial charge on any atom is 0.279 e. The minimum atomic E-state index is 0.208. The van der Waals surface area contributed by atoms with Gasteiger partial charge >= 0.3 is 0 Å². The first-order chi connectivity index (χ1) is 13.3. The lowest BCUT2D eigenvalue weighted by molar-refractivity contribution is 0.428. The molecule has 1 fully saturated rings. The van der Waals surface area contributed by atoms with Crippen LogP contribution in [0.5, 0.6) is 0 Å². The Morgan fingerprint density at radius 2 is 2.15 bits per heavy atom. The van der Waals surface area contributed by atoms with E-state index in [1.54, 1.807) is 18.6 Å². The monoisotopic (exact) mass is 364 g/mol. The Morgan fingerprint density at radius 1 is 1.19 bits per heavy atom. The highest BCUT2D eigenvalue weighted by molar-refractivity contribution is 5.85. The van der Waals surface area contributed by atoms with Gasteiger partial charge in [-0.15, -0.1) is 0 Å². The molecule has 0 bridgehead atoms. The minimum Gasteiger partial charge on any atom is -0.365 e. The molecule has 0 saturated carbocycles. The van der Waals surface area contributed by atoms with Gasteiger partial charge in [0.05, 0.1) is 23.5 Å². The van der Waals surface area contributed by atoms with Gasteiger partial charge in [0.15, 0.2) is 5.65 Å². The third-order valence-electron chi connectivity index (χ3n) is 4.48. The lowest BCUT2D eigenvalue weighted by Crippen LogP contribution is -2.27. The molecule has 1 atom stereocenters. The zero-order chi connectivity index (χ0) is 18.2. The topological polar surface area (TPSA) is 134 Å². The van der Waals surface area contributed by atoms with Gasteiger partial charge in [0.2, 0.25) is 0 Å². The summed E-state index contributed by atoms with van der Waals surface area (Å²) < 4.78 is 5.35. The van der Waals surface area contributed by atoms with E-state index in [4.69, 9.17) is 4.52 Å². The summed E-state index contributed by atoms with van der Waals surface area (Å²) in [5, 5.41) is 15.3. The van der Waals surface area contributed by atoms with Crippen LogP contribution in [0.2, 0.25) is 0 Å². The van der Waals surface area contributed by atoms with E-state index in [2.05, 4.69) is 50.5 Å². The molecule has 1 saturated heterocycles. The molecule has 27 heavy (non-hydrogen) atoms. The molecule has 4 aromatic rings. The van der Waals surface area contributed by atoms with E-state index in [0.717, 1.165) is 36.4 Å². The number of hydrogen-bond acceptors (Lipinski definition) is 10. The van der Waals surface area contributed by atoms with Gasteiger partial charge in [0, 0.05) is 25.3 Å². The van der Waals surface area contributed by atoms with E-state index in [-0.39, 0.29) is 6.04 Å². The molecule has 0 spiro atoms. The molecule has 1 aliphatic rings. The zero-order valence-corrected chi connectivity index (χ0v) is 14.5. The van der Waals surface area contributed by atoms with Crippen LogP contribution in [0.1, 0.15) is 12.1 Å². The van der Waals surface area contributed by atoms with E-state index in [9.17, 15) is 0 Å². The van der Waals surface area contributed by atoms with Crippen LogP contribution in [-0.4, -0.2) is 59.4 Å². The van der Waals surface area contributed by atoms with E-state index in [1.165, 1.54) is 6.33 Å². The second-order valence-corrected chi connectivity index (χ2v) is 6.37. The summed E-state index contributed by atoms with van der Waals surface area (Å²) in [4.78, 5) is 23.5. The second kappa shape index (κ2) is 6.27. The van der Waals surface area contributed by atoms with E-state index in [1.807, 2.05) is 6.92 Å². The Bertz CT molecular complexity index is 1070. The van der Waals surface area contributed by atoms with Crippen molar-refractivity contribution in [3.8, 4) is 11.6 Å². The maximum absolute atomic E-state index is 5.35. The molecule has 5 rings (SSSR count). The average molecular weight is 364 g/mol. The van der Waals surface area contributed by atoms with Crippen molar-refractivity contribution in [2.24, 2.45) is 0 Å². The van der Waals surface area contributed by atoms with Gasteiger partial charge in [-0.2, -0.15) is 10.1 Å². The third kappa shape index (κ3) is 2.92. The fourth-order valence-corrected chi connectivity index (χ4v) is 3.08. The number of nitrogens with one attached hydrogen (secondary N) is 2. The number of fused-ring (bicyclic) bond motifs is 1. The fourth-order valence-electron chi connectivity index (χ4n) is 3.08. The van der Waals surface area contributed by atoms with Crippen LogP contribution in [-0.2, 0) is 0 Å². The Kier molecular flexibility index (Phi) is 3.62. The summed E-state index contributed by atoms with van der Waals surface area (Å²) >= 11 is 0. The molecule has 136 valence electrons. The number of anilines is 2. The Balaban J connectivity index is 1.30. The molecule has 2 N–H and O–H groups in total. The summed E-state index contributed by atoms with van der Waals surface area (Å²) in [6, 6.07) is 0.208. The molecule has 1 aliphatic heterocycles. The molecule has 0 aliphatic carbocycles. The van der Waals surface area contributed by atoms with Crippen LogP contribution in [0.25, 0.3) is 22.6 Å². The molecule has 4 aromatic heterocycles. The van der Waals surface area contributed by atoms with Crippen LogP contribution in [0.15, 0.2) is 29.4 Å². The maximum atomic E-state index is 5.35. The van der Waals surface area contributed by atoms with Crippen LogP contribution < -0.4 is 10.2 Å². The Hall–Kier alpha value is -3.63. The zero-order valence-electron chi connectivity index (χ0n) is 14.5. The van der Waals surface area contributed by atoms with Gasteiger partial charge in [-0.05, 0) is 18.5 Å². The quantitative estimate of drug-likeness (QED) is 0.543. The number of aromatic amines is 1. The highest BCUT2D eigenvalue weighted by Crippen LogP contribution is 2.24. The van der Waals surface area contributed by atoms with Crippen LogP contribution in [0, 0.1) is 6.92 Å². The lowest BCUT2D eigenvalue weighted by Gasteiger charge is -2.15. The van der Waals surface area contributed by atoms with Crippen molar-refractivity contribution in [1.29, 1.82) is 0 Å². The molecule has 11 heteroatoms. The second-order valence-electron chi connectivity index (χ2n) is 6.37. The van der Waals surface area contributed by atoms with Crippen molar-refractivity contribution < 1.29 is 4.52 Å². The van der Waals surface area contributed by atoms with Gasteiger partial charge < -0.3 is 14.7 Å². The Morgan fingerprint density at radius 3 is 3.04 bits per heavy atom. The van der Waals surface area contributed by atoms with Gasteiger partial charge in [0.1, 0.15) is 17.8 Å². The first-order valence-electron chi connectivity index (χ1n) is 8.54. The standard InChI is InChI=1S/C16H16N10O/c1-9-4-18-12(6-17-9)15-23-16(25-27-15)26-3-2-10(7-26)22-13-11-5-21-24-14(11)20-8-19-13/h4-6,8,10H,2-3,7H2,1H3,(H2,19,20,21,22,24). The average Bonchev–Trinajstić information content (AvgIpc) is 3.43. The van der Waals surface area contributed by atoms with Crippen molar-refractivity contribution in [2.75, 3.05) is 23.3 Å². The molecule has 0 radical (unpaired) electrons. The molecular formula is C16H16N10O. The fraction of sp³-hybridized carbons (Fsp3) is 0.312. The molecule has 0 amide bonds. The predicted octanol–water partition coefficient (Wildman–Crippen LogP) is 1.19. The van der Waals surface area contributed by atoms with Crippen LogP contribution in [0.3, 0.4) is 0 Å². The summed E-state index contributed by atoms with van der Waals surface area (Å²) in [5.74, 6) is 1.68. The SMILES string of the molecule is Cc1cnc(-c2nc(N3CCC(Nc4ncnc5[nH]ncc45)C3)no2)cn1. The van der Waals surface area contributed by atoms with Gasteiger partial charge in [0.25, 0.3) is 11.8 Å². The van der Waals surface area contributed by atoms with Gasteiger partial charge in [-0.3, -0.25) is 10.1 Å². The van der Waals surface area contributed by atoms with Crippen molar-refractivity contribution in [3.63, 3.8) is 0 Å². The Labute approximate surface area is 153 Å². The van der Waals surface area contributed by atoms with Crippen LogP contribution in [0.4, 0.5) is 11.8 Å². The molecule has 1 unspecified atom stereocenters. The highest BCUT2D eigenvalue weighted by atomic mass is 16.5. The number of hydrogen-bond donors (Lipinski definition) is 2. The van der Waals surface area contributed by atoms with Crippen molar-refractivity contribution in [2.45, 2.75) is 19.4 Å². The lowest BCUT2D eigenvalue weighted by atomic mass is 10.2. The van der Waals surface area contributed by atoms with Crippen molar-refractivity contribution >= 4 is 22.8 Å². The summed E-state index contributed by atoms with van der Waals surface area (Å²) in [5.41, 5.74) is 2.12. The van der Waals surface area contributed by atoms with Gasteiger partial charge in [-0.25, -0.2) is 15.0 Å². The predicted molar refractivity (Wildman–Crippen MR) is 96.0 cm³/mol. The molecule has 11 nitrogen and oxygen atoms in total. The van der Waals surface area contributed by atoms with E-state index >= 15 is 0 Å². The molecular weight excluding hydrogens is 348 g/mol. The van der Waals surface area contributed by atoms with Crippen LogP contribution >= 0.6 is 0 Å². The van der Waals surface area contributed by atoms with Gasteiger partial charge in [-0.1, -0.05) is 0 Å². The normalized spacial score (nSPS) is 16.9. The van der Waals surface area contributed by atoms with E-state index < -0.39 is 0 Å². The third-order valence-corrected chi connectivity index (χ3v) is 4.48. The smallest absolute Gasteiger partial charge is 0.279 e. The summed E-state index contributed by atoms with van der Waals surface area (Å²) in [7, 11) is 0. The first-order valence-corrected chi connectivity index (χ1v) is 8.54. The summed E-state index contributed by atoms with van der Waals surface area (Å²) in [6.45, 7) is 3.43. The van der Waals surface area contributed by atoms with Crippen molar-refractivity contribution in [3.05, 3.63) is 30.6 Å². The highest BCUT2D eigenvalue weighted by Gasteiger charge is 2.27.